The van der Waals surface area contributed by atoms with E-state index in [1.54, 1.807) is 48.5 Å². The van der Waals surface area contributed by atoms with Crippen molar-refractivity contribution < 1.29 is 77.5 Å². The van der Waals surface area contributed by atoms with E-state index in [1.807, 2.05) is 48.5 Å². The van der Waals surface area contributed by atoms with E-state index >= 15 is 0 Å². The molecule has 0 atom stereocenters. The molecule has 0 N–H and O–H groups in total. The van der Waals surface area contributed by atoms with E-state index in [4.69, 9.17) is 101 Å². The third kappa shape index (κ3) is 40.5. The van der Waals surface area contributed by atoms with E-state index in [9.17, 15) is 0 Å². The molecule has 0 aliphatic heterocycles. The van der Waals surface area contributed by atoms with Gasteiger partial charge in [0.05, 0.1) is 0 Å². The van der Waals surface area contributed by atoms with Crippen LogP contribution < -0.4 is 0 Å². The molecule has 0 bridgehead atoms. The van der Waals surface area contributed by atoms with Crippen LogP contribution in [0.1, 0.15) is 0 Å². The Morgan fingerprint density at radius 1 is 0.304 bits per heavy atom. The van der Waals surface area contributed by atoms with E-state index in [2.05, 4.69) is 0 Å². The second-order valence-electron chi connectivity index (χ2n) is 5.72. The molecule has 275 valence electrons. The molecule has 4 aromatic rings. The molecule has 1 nitrogen and oxygen atoms in total. The molecule has 0 aliphatic rings. The molecule has 0 radical (unpaired) electrons. The monoisotopic (exact) mass is 879 g/mol. The quantitative estimate of drug-likeness (QED) is 0.129. The largest absolute Gasteiger partial charge is 0.778 e. The van der Waals surface area contributed by atoms with E-state index in [-0.39, 0.29) is 56.5 Å². The van der Waals surface area contributed by atoms with Gasteiger partial charge in [-0.25, -0.2) is 0 Å². The first-order valence-electron chi connectivity index (χ1n) is 9.06. The molecule has 0 saturated carbocycles. The van der Waals surface area contributed by atoms with Crippen LogP contribution in [0.25, 0.3) is 0 Å². The average Bonchev–Trinajstić information content (AvgIpc) is 2.84. The Morgan fingerprint density at radius 2 is 0.413 bits per heavy atom. The van der Waals surface area contributed by atoms with Crippen molar-refractivity contribution in [3.05, 3.63) is 117 Å². The van der Waals surface area contributed by atoms with Crippen LogP contribution in [0.2, 0.25) is 20.1 Å². The molecule has 0 heterocycles. The topological polar surface area (TPSA) is 17.1 Å². The predicted molar refractivity (Wildman–Crippen MR) is 179 cm³/mol. The third-order valence-electron chi connectivity index (χ3n) is 3.35. The summed E-state index contributed by atoms with van der Waals surface area (Å²) in [5, 5.41) is 2.62. The van der Waals surface area contributed by atoms with Crippen molar-refractivity contribution >= 4 is 96.9 Å². The zero-order valence-electron chi connectivity index (χ0n) is 22.1. The van der Waals surface area contributed by atoms with E-state index in [0.717, 1.165) is 17.4 Å². The Hall–Kier alpha value is -1.54. The first-order chi connectivity index (χ1) is 16.2. The maximum Gasteiger partial charge on any atom is 0.0214 e. The number of halogens is 16. The molecule has 0 aliphatic carbocycles. The van der Waals surface area contributed by atoms with Gasteiger partial charge in [-0.15, -0.1) is 0 Å². The minimum absolute atomic E-state index is 0. The fourth-order valence-corrected chi connectivity index (χ4v) is 2.91. The van der Waals surface area contributed by atoms with Gasteiger partial charge in [0.2, 0.25) is 0 Å². The predicted octanol–water partition coefficient (Wildman–Crippen LogP) is 10.7. The summed E-state index contributed by atoms with van der Waals surface area (Å²) in [6.45, 7) is 0. The summed E-state index contributed by atoms with van der Waals surface area (Å²) in [5.41, 5.74) is 0. The molecule has 0 spiro atoms. The van der Waals surface area contributed by atoms with Crippen LogP contribution >= 0.6 is 46.4 Å². The minimum atomic E-state index is 0. The van der Waals surface area contributed by atoms with Crippen molar-refractivity contribution in [3.63, 3.8) is 0 Å². The van der Waals surface area contributed by atoms with Gasteiger partial charge < -0.3 is 50.5 Å². The second kappa shape index (κ2) is 53.0. The maximum atomic E-state index is 8.19. The van der Waals surface area contributed by atoms with Crippen LogP contribution in [0.4, 0.5) is 56.5 Å². The second-order valence-corrected chi connectivity index (χ2v) is 9.11. The van der Waals surface area contributed by atoms with Crippen LogP contribution in [-0.2, 0) is 71.6 Å². The van der Waals surface area contributed by atoms with Crippen molar-refractivity contribution in [2.45, 2.75) is 19.6 Å². The number of benzene rings is 4. The van der Waals surface area contributed by atoms with Gasteiger partial charge in [-0.05, 0) is 24.3 Å². The molecule has 0 fully saturated rings. The maximum absolute atomic E-state index is 8.19. The SMILES string of the molecule is F.F.F.F.F.F.F.F.F.F.F.F.[O]=[V].[S-]c1ccccc1Cl.[S-]c1ccccc1Cl.[S-]c1ccccc1Cl.[S-]c1ccccc1Cl. The third-order valence-corrected chi connectivity index (χ3v) is 6.54. The summed E-state index contributed by atoms with van der Waals surface area (Å²) in [6, 6.07) is 29.3. The smallest absolute Gasteiger partial charge is 0.0214 e. The number of hydrogen-bond donors (Lipinski definition) is 0. The Kier molecular flexibility index (Phi) is 97.7. The molecule has 4 aromatic carbocycles. The zero-order chi connectivity index (χ0) is 25.9. The Bertz CT molecular complexity index is 899. The summed E-state index contributed by atoms with van der Waals surface area (Å²) in [5.74, 6) is 0. The minimum Gasteiger partial charge on any atom is -0.778 e. The van der Waals surface area contributed by atoms with Crippen molar-refractivity contribution in [2.24, 2.45) is 0 Å². The fraction of sp³-hybridized carbons (Fsp3) is 0. The summed E-state index contributed by atoms with van der Waals surface area (Å²) in [7, 11) is 0. The molecular weight excluding hydrogens is 853 g/mol. The van der Waals surface area contributed by atoms with Gasteiger partial charge in [0.25, 0.3) is 0 Å². The van der Waals surface area contributed by atoms with E-state index in [1.165, 1.54) is 0 Å². The van der Waals surface area contributed by atoms with Gasteiger partial charge in [-0.1, -0.05) is 119 Å². The van der Waals surface area contributed by atoms with Gasteiger partial charge in [-0.2, -0.15) is 19.6 Å². The molecule has 0 saturated heterocycles. The van der Waals surface area contributed by atoms with Gasteiger partial charge in [-0.3, -0.25) is 56.5 Å². The van der Waals surface area contributed by atoms with Crippen LogP contribution in [0.15, 0.2) is 117 Å². The van der Waals surface area contributed by atoms with Crippen LogP contribution in [0, 0.1) is 0 Å². The molecule has 0 unspecified atom stereocenters. The Balaban J connectivity index is -0.0000000259. The normalized spacial score (nSPS) is 6.41. The molecule has 22 heteroatoms. The van der Waals surface area contributed by atoms with Crippen LogP contribution in [0.5, 0.6) is 0 Å². The van der Waals surface area contributed by atoms with Gasteiger partial charge >= 0.3 is 21.0 Å². The zero-order valence-corrected chi connectivity index (χ0v) is 29.8. The first kappa shape index (κ1) is 84.8. The molecule has 0 aromatic heterocycles. The van der Waals surface area contributed by atoms with Crippen LogP contribution in [0.3, 0.4) is 0 Å². The summed E-state index contributed by atoms with van der Waals surface area (Å²) in [4.78, 5) is 2.87. The number of rotatable bonds is 0. The number of hydrogen-bond acceptors (Lipinski definition) is 5. The molecule has 4 rings (SSSR count). The first-order valence-corrected chi connectivity index (χ1v) is 12.8. The van der Waals surface area contributed by atoms with Crippen molar-refractivity contribution in [1.82, 2.24) is 0 Å². The summed E-state index contributed by atoms with van der Waals surface area (Å²) in [6.07, 6.45) is 0. The van der Waals surface area contributed by atoms with E-state index in [0.29, 0.717) is 39.7 Å². The van der Waals surface area contributed by atoms with Crippen molar-refractivity contribution in [1.29, 1.82) is 0 Å². The van der Waals surface area contributed by atoms with Gasteiger partial charge in [0.15, 0.2) is 0 Å². The van der Waals surface area contributed by atoms with Gasteiger partial charge in [0.1, 0.15) is 0 Å². The van der Waals surface area contributed by atoms with Crippen molar-refractivity contribution in [3.8, 4) is 0 Å². The van der Waals surface area contributed by atoms with Gasteiger partial charge in [0, 0.05) is 20.1 Å². The van der Waals surface area contributed by atoms with Crippen molar-refractivity contribution in [2.75, 3.05) is 0 Å². The molecular formula is C24H28Cl4F12OS4V-4. The van der Waals surface area contributed by atoms with E-state index < -0.39 is 0 Å². The van der Waals surface area contributed by atoms with Crippen LogP contribution in [-0.4, -0.2) is 0 Å². The molecule has 46 heavy (non-hydrogen) atoms. The average molecular weight is 881 g/mol. The molecule has 0 amide bonds. The standard InChI is InChI=1S/4C6H5ClS.12FH.O.V/c4*7-5-3-1-2-4-6(5)8;;;;;;;;;;;;;;/h4*1-4,8H;12*1H;;/p-4. The summed E-state index contributed by atoms with van der Waals surface area (Å²) >= 11 is 42.8. The Labute approximate surface area is 309 Å². The fourth-order valence-electron chi connectivity index (χ4n) is 1.78. The Morgan fingerprint density at radius 3 is 0.478 bits per heavy atom. The summed E-state index contributed by atoms with van der Waals surface area (Å²) < 4.78 is 8.19.